The molecule has 0 heterocycles. The number of carbonyl (C=O) groups is 3. The van der Waals surface area contributed by atoms with Crippen LogP contribution in [0.2, 0.25) is 0 Å². The number of ketones is 2. The summed E-state index contributed by atoms with van der Waals surface area (Å²) in [5.74, 6) is -0.241. The number of aliphatic hydroxyl groups excluding tert-OH is 2. The molecule has 3 saturated carbocycles. The van der Waals surface area contributed by atoms with Gasteiger partial charge in [-0.05, 0) is 67.8 Å². The van der Waals surface area contributed by atoms with E-state index >= 15 is 0 Å². The van der Waals surface area contributed by atoms with E-state index in [2.05, 4.69) is 6.92 Å². The highest BCUT2D eigenvalue weighted by Crippen LogP contribution is 2.66. The molecule has 4 aliphatic rings. The van der Waals surface area contributed by atoms with Crippen LogP contribution in [0.5, 0.6) is 0 Å². The maximum Gasteiger partial charge on any atom is 0.162 e. The van der Waals surface area contributed by atoms with E-state index < -0.39 is 24.0 Å². The molecule has 0 saturated heterocycles. The third kappa shape index (κ3) is 2.26. The molecular weight excluding hydrogens is 332 g/mol. The van der Waals surface area contributed by atoms with Crippen LogP contribution >= 0.6 is 0 Å². The Labute approximate surface area is 153 Å². The van der Waals surface area contributed by atoms with Crippen molar-refractivity contribution < 1.29 is 24.6 Å². The van der Waals surface area contributed by atoms with Gasteiger partial charge in [0.25, 0.3) is 0 Å². The summed E-state index contributed by atoms with van der Waals surface area (Å²) in [6.07, 6.45) is 6.75. The van der Waals surface area contributed by atoms with E-state index in [4.69, 9.17) is 0 Å². The van der Waals surface area contributed by atoms with Crippen LogP contribution in [0.25, 0.3) is 0 Å². The molecule has 0 aromatic carbocycles. The third-order valence-corrected chi connectivity index (χ3v) is 8.27. The van der Waals surface area contributed by atoms with Crippen molar-refractivity contribution in [3.63, 3.8) is 0 Å². The van der Waals surface area contributed by atoms with Gasteiger partial charge in [-0.1, -0.05) is 12.5 Å². The van der Waals surface area contributed by atoms with Gasteiger partial charge < -0.3 is 15.0 Å². The van der Waals surface area contributed by atoms with Crippen molar-refractivity contribution in [1.82, 2.24) is 0 Å². The Morgan fingerprint density at radius 1 is 1.31 bits per heavy atom. The summed E-state index contributed by atoms with van der Waals surface area (Å²) < 4.78 is 0. The lowest BCUT2D eigenvalue weighted by Crippen LogP contribution is -2.58. The monoisotopic (exact) mass is 360 g/mol. The molecule has 7 atom stereocenters. The number of Topliss-reactive ketones (excluding diaryl/α,β-unsaturated/α-hetero) is 1. The Hall–Kier alpha value is -1.33. The molecule has 4 aliphatic carbocycles. The second-order valence-corrected chi connectivity index (χ2v) is 9.14. The molecule has 2 N–H and O–H groups in total. The Bertz CT molecular complexity index is 682. The zero-order valence-electron chi connectivity index (χ0n) is 15.3. The average molecular weight is 360 g/mol. The number of hydrogen-bond acceptors (Lipinski definition) is 5. The number of aliphatic hydroxyl groups is 2. The fourth-order valence-corrected chi connectivity index (χ4v) is 7.18. The second-order valence-electron chi connectivity index (χ2n) is 9.14. The summed E-state index contributed by atoms with van der Waals surface area (Å²) in [6.45, 7) is 1.63. The fraction of sp³-hybridized carbons (Fsp3) is 0.762. The summed E-state index contributed by atoms with van der Waals surface area (Å²) in [6, 6.07) is 0. The minimum absolute atomic E-state index is 0.0386. The van der Waals surface area contributed by atoms with Crippen LogP contribution < -0.4 is 0 Å². The van der Waals surface area contributed by atoms with Crippen LogP contribution in [-0.4, -0.2) is 40.8 Å². The van der Waals surface area contributed by atoms with Crippen LogP contribution in [0.15, 0.2) is 11.6 Å². The highest BCUT2D eigenvalue weighted by Gasteiger charge is 2.64. The molecule has 3 fully saturated rings. The molecule has 0 unspecified atom stereocenters. The molecular formula is C21H28O5. The fourth-order valence-electron chi connectivity index (χ4n) is 7.18. The lowest BCUT2D eigenvalue weighted by Gasteiger charge is -2.59. The van der Waals surface area contributed by atoms with Gasteiger partial charge in [0.2, 0.25) is 0 Å². The van der Waals surface area contributed by atoms with Crippen molar-refractivity contribution in [3.8, 4) is 0 Å². The van der Waals surface area contributed by atoms with Gasteiger partial charge >= 0.3 is 0 Å². The Morgan fingerprint density at radius 3 is 2.77 bits per heavy atom. The van der Waals surface area contributed by atoms with Crippen LogP contribution in [0, 0.1) is 34.5 Å². The van der Waals surface area contributed by atoms with Gasteiger partial charge in [-0.2, -0.15) is 0 Å². The SMILES string of the molecule is C[C@]12CCC(=O)C=C1CC[C@@H]1[C@@H]2[C@H](O)C[C@]2(C=O)[C@@H](C(=O)CO)CC[C@@H]12. The predicted molar refractivity (Wildman–Crippen MR) is 94.1 cm³/mol. The summed E-state index contributed by atoms with van der Waals surface area (Å²) in [4.78, 5) is 36.4. The highest BCUT2D eigenvalue weighted by atomic mass is 16.3. The number of carbonyl (C=O) groups excluding carboxylic acids is 3. The maximum absolute atomic E-state index is 12.3. The van der Waals surface area contributed by atoms with Crippen LogP contribution in [-0.2, 0) is 14.4 Å². The molecule has 5 heteroatoms. The molecule has 0 amide bonds. The Kier molecular flexibility index (Phi) is 4.23. The summed E-state index contributed by atoms with van der Waals surface area (Å²) >= 11 is 0. The number of fused-ring (bicyclic) bond motifs is 5. The van der Waals surface area contributed by atoms with Crippen molar-refractivity contribution >= 4 is 17.9 Å². The first-order valence-corrected chi connectivity index (χ1v) is 9.89. The average Bonchev–Trinajstić information content (AvgIpc) is 3.00. The Morgan fingerprint density at radius 2 is 2.08 bits per heavy atom. The quantitative estimate of drug-likeness (QED) is 0.750. The largest absolute Gasteiger partial charge is 0.393 e. The first kappa shape index (κ1) is 18.1. The molecule has 0 aromatic rings. The summed E-state index contributed by atoms with van der Waals surface area (Å²) in [5.41, 5.74) is 0.140. The van der Waals surface area contributed by atoms with E-state index in [1.807, 2.05) is 0 Å². The lowest BCUT2D eigenvalue weighted by atomic mass is 9.45. The highest BCUT2D eigenvalue weighted by molar-refractivity contribution is 5.91. The minimum Gasteiger partial charge on any atom is -0.393 e. The lowest BCUT2D eigenvalue weighted by molar-refractivity contribution is -0.157. The van der Waals surface area contributed by atoms with E-state index in [1.54, 1.807) is 6.08 Å². The van der Waals surface area contributed by atoms with E-state index in [1.165, 1.54) is 0 Å². The van der Waals surface area contributed by atoms with Gasteiger partial charge in [0.15, 0.2) is 11.6 Å². The third-order valence-electron chi connectivity index (χ3n) is 8.27. The Balaban J connectivity index is 1.74. The van der Waals surface area contributed by atoms with E-state index in [9.17, 15) is 24.6 Å². The maximum atomic E-state index is 12.3. The molecule has 0 radical (unpaired) electrons. The van der Waals surface area contributed by atoms with Crippen molar-refractivity contribution in [1.29, 1.82) is 0 Å². The summed E-state index contributed by atoms with van der Waals surface area (Å²) in [5, 5.41) is 20.5. The predicted octanol–water partition coefficient (Wildman–Crippen LogP) is 1.85. The standard InChI is InChI=1S/C21H28O5/c1-20-7-6-13(24)8-12(20)2-3-14-15-4-5-16(18(26)10-22)21(15,11-23)9-17(25)19(14)20/h8,11,14-17,19,22,25H,2-7,9-10H2,1H3/t14-,15-,16+,17+,19+,20-,21+/m0/s1. The molecule has 26 heavy (non-hydrogen) atoms. The van der Waals surface area contributed by atoms with Gasteiger partial charge in [0.1, 0.15) is 12.9 Å². The first-order chi connectivity index (χ1) is 12.4. The van der Waals surface area contributed by atoms with E-state index in [0.29, 0.717) is 19.3 Å². The molecule has 4 rings (SSSR count). The second kappa shape index (κ2) is 6.10. The van der Waals surface area contributed by atoms with Crippen molar-refractivity contribution in [3.05, 3.63) is 11.6 Å². The molecule has 0 aromatic heterocycles. The zero-order chi connectivity index (χ0) is 18.7. The van der Waals surface area contributed by atoms with Crippen LogP contribution in [0.4, 0.5) is 0 Å². The van der Waals surface area contributed by atoms with Crippen LogP contribution in [0.3, 0.4) is 0 Å². The van der Waals surface area contributed by atoms with E-state index in [0.717, 1.165) is 37.5 Å². The number of allylic oxidation sites excluding steroid dienone is 1. The molecule has 0 aliphatic heterocycles. The zero-order valence-corrected chi connectivity index (χ0v) is 15.3. The minimum atomic E-state index is -0.831. The van der Waals surface area contributed by atoms with Gasteiger partial charge in [0.05, 0.1) is 6.10 Å². The van der Waals surface area contributed by atoms with Gasteiger partial charge in [-0.3, -0.25) is 9.59 Å². The normalized spacial score (nSPS) is 47.4. The summed E-state index contributed by atoms with van der Waals surface area (Å²) in [7, 11) is 0. The van der Waals surface area contributed by atoms with Gasteiger partial charge in [-0.15, -0.1) is 0 Å². The topological polar surface area (TPSA) is 91.7 Å². The molecule has 0 bridgehead atoms. The van der Waals surface area contributed by atoms with E-state index in [-0.39, 0.29) is 34.7 Å². The van der Waals surface area contributed by atoms with Gasteiger partial charge in [-0.25, -0.2) is 0 Å². The van der Waals surface area contributed by atoms with Crippen molar-refractivity contribution in [2.75, 3.05) is 6.61 Å². The number of rotatable bonds is 3. The molecule has 5 nitrogen and oxygen atoms in total. The van der Waals surface area contributed by atoms with Gasteiger partial charge in [0, 0.05) is 17.8 Å². The first-order valence-electron chi connectivity index (χ1n) is 9.89. The van der Waals surface area contributed by atoms with Crippen molar-refractivity contribution in [2.45, 2.75) is 58.0 Å². The van der Waals surface area contributed by atoms with Crippen molar-refractivity contribution in [2.24, 2.45) is 34.5 Å². The number of aldehydes is 1. The molecule has 0 spiro atoms. The van der Waals surface area contributed by atoms with Crippen LogP contribution in [0.1, 0.15) is 51.9 Å². The molecule has 142 valence electrons. The smallest absolute Gasteiger partial charge is 0.162 e. The number of hydrogen-bond donors (Lipinski definition) is 2.